The van der Waals surface area contributed by atoms with Gasteiger partial charge in [0.15, 0.2) is 0 Å². The van der Waals surface area contributed by atoms with E-state index >= 15 is 0 Å². The summed E-state index contributed by atoms with van der Waals surface area (Å²) in [6.07, 6.45) is 4.42. The summed E-state index contributed by atoms with van der Waals surface area (Å²) in [4.78, 5) is 6.48. The minimum Gasteiger partial charge on any atom is -0.384 e. The SMILES string of the molecule is CC(CN1CCCC1)Nc1ccnc(N)c1. The normalized spacial score (nSPS) is 18.6. The van der Waals surface area contributed by atoms with Crippen molar-refractivity contribution < 1.29 is 0 Å². The Hall–Kier alpha value is -1.29. The maximum Gasteiger partial charge on any atom is 0.125 e. The van der Waals surface area contributed by atoms with Gasteiger partial charge in [0.1, 0.15) is 5.82 Å². The average Bonchev–Trinajstić information content (AvgIpc) is 2.70. The monoisotopic (exact) mass is 220 g/mol. The molecule has 1 unspecified atom stereocenters. The fourth-order valence-electron chi connectivity index (χ4n) is 2.22. The second-order valence-corrected chi connectivity index (χ2v) is 4.52. The lowest BCUT2D eigenvalue weighted by atomic mass is 10.3. The van der Waals surface area contributed by atoms with Gasteiger partial charge >= 0.3 is 0 Å². The van der Waals surface area contributed by atoms with E-state index in [9.17, 15) is 0 Å². The molecule has 1 aliphatic rings. The number of hydrogen-bond donors (Lipinski definition) is 2. The zero-order valence-electron chi connectivity index (χ0n) is 9.82. The molecule has 2 rings (SSSR count). The fraction of sp³-hybridized carbons (Fsp3) is 0.583. The maximum absolute atomic E-state index is 5.64. The van der Waals surface area contributed by atoms with Crippen LogP contribution >= 0.6 is 0 Å². The standard InChI is InChI=1S/C12H20N4/c1-10(9-16-6-2-3-7-16)15-11-4-5-14-12(13)8-11/h4-5,8,10H,2-3,6-7,9H2,1H3,(H3,13,14,15). The Balaban J connectivity index is 1.84. The van der Waals surface area contributed by atoms with Crippen LogP contribution in [-0.4, -0.2) is 35.6 Å². The molecule has 1 aliphatic heterocycles. The van der Waals surface area contributed by atoms with Gasteiger partial charge in [0, 0.05) is 30.5 Å². The van der Waals surface area contributed by atoms with Crippen molar-refractivity contribution in [3.63, 3.8) is 0 Å². The molecular formula is C12H20N4. The molecule has 1 atom stereocenters. The second-order valence-electron chi connectivity index (χ2n) is 4.52. The van der Waals surface area contributed by atoms with Gasteiger partial charge in [-0.2, -0.15) is 0 Å². The third-order valence-electron chi connectivity index (χ3n) is 2.92. The number of nitrogens with zero attached hydrogens (tertiary/aromatic N) is 2. The van der Waals surface area contributed by atoms with Crippen LogP contribution in [-0.2, 0) is 0 Å². The summed E-state index contributed by atoms with van der Waals surface area (Å²) in [7, 11) is 0. The van der Waals surface area contributed by atoms with E-state index in [4.69, 9.17) is 5.73 Å². The molecular weight excluding hydrogens is 200 g/mol. The lowest BCUT2D eigenvalue weighted by Crippen LogP contribution is -2.32. The number of nitrogen functional groups attached to an aromatic ring is 1. The second kappa shape index (κ2) is 5.16. The highest BCUT2D eigenvalue weighted by Crippen LogP contribution is 2.12. The molecule has 1 aromatic heterocycles. The molecule has 3 N–H and O–H groups in total. The van der Waals surface area contributed by atoms with Crippen molar-refractivity contribution in [2.24, 2.45) is 0 Å². The summed E-state index contributed by atoms with van der Waals surface area (Å²) in [5, 5.41) is 3.45. The molecule has 88 valence electrons. The first-order valence-electron chi connectivity index (χ1n) is 5.94. The molecule has 0 spiro atoms. The molecule has 2 heterocycles. The van der Waals surface area contributed by atoms with Crippen molar-refractivity contribution in [1.29, 1.82) is 0 Å². The zero-order valence-corrected chi connectivity index (χ0v) is 9.82. The zero-order chi connectivity index (χ0) is 11.4. The van der Waals surface area contributed by atoms with Gasteiger partial charge in [-0.25, -0.2) is 4.98 Å². The number of nitrogens with two attached hydrogens (primary N) is 1. The molecule has 0 amide bonds. The largest absolute Gasteiger partial charge is 0.384 e. The van der Waals surface area contributed by atoms with Gasteiger partial charge in [0.05, 0.1) is 0 Å². The van der Waals surface area contributed by atoms with Crippen molar-refractivity contribution in [2.75, 3.05) is 30.7 Å². The number of anilines is 2. The first kappa shape index (κ1) is 11.2. The molecule has 0 saturated carbocycles. The van der Waals surface area contributed by atoms with Crippen LogP contribution in [0, 0.1) is 0 Å². The molecule has 1 saturated heterocycles. The Morgan fingerprint density at radius 1 is 1.50 bits per heavy atom. The number of rotatable bonds is 4. The summed E-state index contributed by atoms with van der Waals surface area (Å²) in [6.45, 7) is 5.78. The summed E-state index contributed by atoms with van der Waals surface area (Å²) in [5.41, 5.74) is 6.69. The summed E-state index contributed by atoms with van der Waals surface area (Å²) in [6, 6.07) is 4.28. The number of likely N-dealkylation sites (tertiary alicyclic amines) is 1. The summed E-state index contributed by atoms with van der Waals surface area (Å²) < 4.78 is 0. The molecule has 0 aromatic carbocycles. The molecule has 1 fully saturated rings. The molecule has 0 aliphatic carbocycles. The minimum absolute atomic E-state index is 0.444. The maximum atomic E-state index is 5.64. The van der Waals surface area contributed by atoms with Gasteiger partial charge in [0.25, 0.3) is 0 Å². The van der Waals surface area contributed by atoms with Crippen molar-refractivity contribution in [2.45, 2.75) is 25.8 Å². The van der Waals surface area contributed by atoms with Gasteiger partial charge in [-0.3, -0.25) is 0 Å². The van der Waals surface area contributed by atoms with Crippen molar-refractivity contribution in [1.82, 2.24) is 9.88 Å². The van der Waals surface area contributed by atoms with Gasteiger partial charge < -0.3 is 16.0 Å². The smallest absolute Gasteiger partial charge is 0.125 e. The van der Waals surface area contributed by atoms with Gasteiger partial charge in [-0.1, -0.05) is 0 Å². The van der Waals surface area contributed by atoms with Gasteiger partial charge in [0.2, 0.25) is 0 Å². The molecule has 4 heteroatoms. The van der Waals surface area contributed by atoms with Crippen LogP contribution in [0.25, 0.3) is 0 Å². The highest BCUT2D eigenvalue weighted by atomic mass is 15.2. The Labute approximate surface area is 96.8 Å². The van der Waals surface area contributed by atoms with E-state index in [0.717, 1.165) is 12.2 Å². The molecule has 1 aromatic rings. The lowest BCUT2D eigenvalue weighted by Gasteiger charge is -2.22. The van der Waals surface area contributed by atoms with Gasteiger partial charge in [-0.05, 0) is 38.9 Å². The minimum atomic E-state index is 0.444. The molecule has 0 bridgehead atoms. The Bertz CT molecular complexity index is 334. The van der Waals surface area contributed by atoms with E-state index in [-0.39, 0.29) is 0 Å². The first-order chi connectivity index (χ1) is 7.74. The lowest BCUT2D eigenvalue weighted by molar-refractivity contribution is 0.328. The summed E-state index contributed by atoms with van der Waals surface area (Å²) in [5.74, 6) is 0.568. The highest BCUT2D eigenvalue weighted by molar-refractivity contribution is 5.50. The van der Waals surface area contributed by atoms with E-state index in [1.54, 1.807) is 6.20 Å². The fourth-order valence-corrected chi connectivity index (χ4v) is 2.22. The van der Waals surface area contributed by atoms with E-state index in [2.05, 4.69) is 22.1 Å². The predicted octanol–water partition coefficient (Wildman–Crippen LogP) is 1.56. The molecule has 16 heavy (non-hydrogen) atoms. The van der Waals surface area contributed by atoms with Crippen molar-refractivity contribution in [3.05, 3.63) is 18.3 Å². The van der Waals surface area contributed by atoms with E-state index in [0.29, 0.717) is 11.9 Å². The van der Waals surface area contributed by atoms with Crippen LogP contribution < -0.4 is 11.1 Å². The Morgan fingerprint density at radius 2 is 2.25 bits per heavy atom. The Kier molecular flexibility index (Phi) is 3.62. The third-order valence-corrected chi connectivity index (χ3v) is 2.92. The van der Waals surface area contributed by atoms with E-state index in [1.807, 2.05) is 12.1 Å². The van der Waals surface area contributed by atoms with Crippen LogP contribution in [0.1, 0.15) is 19.8 Å². The van der Waals surface area contributed by atoms with Crippen molar-refractivity contribution in [3.8, 4) is 0 Å². The quantitative estimate of drug-likeness (QED) is 0.808. The van der Waals surface area contributed by atoms with Crippen molar-refractivity contribution >= 4 is 11.5 Å². The predicted molar refractivity (Wildman–Crippen MR) is 67.4 cm³/mol. The van der Waals surface area contributed by atoms with Crippen LogP contribution in [0.4, 0.5) is 11.5 Å². The number of aromatic nitrogens is 1. The van der Waals surface area contributed by atoms with Crippen LogP contribution in [0.5, 0.6) is 0 Å². The van der Waals surface area contributed by atoms with Crippen LogP contribution in [0.2, 0.25) is 0 Å². The highest BCUT2D eigenvalue weighted by Gasteiger charge is 2.14. The van der Waals surface area contributed by atoms with Crippen LogP contribution in [0.15, 0.2) is 18.3 Å². The Morgan fingerprint density at radius 3 is 2.94 bits per heavy atom. The van der Waals surface area contributed by atoms with Crippen LogP contribution in [0.3, 0.4) is 0 Å². The third kappa shape index (κ3) is 3.10. The summed E-state index contributed by atoms with van der Waals surface area (Å²) >= 11 is 0. The average molecular weight is 220 g/mol. The number of nitrogens with one attached hydrogen (secondary N) is 1. The number of hydrogen-bond acceptors (Lipinski definition) is 4. The topological polar surface area (TPSA) is 54.2 Å². The molecule has 4 nitrogen and oxygen atoms in total. The van der Waals surface area contributed by atoms with Gasteiger partial charge in [-0.15, -0.1) is 0 Å². The molecule has 0 radical (unpaired) electrons. The number of pyridine rings is 1. The van der Waals surface area contributed by atoms with E-state index in [1.165, 1.54) is 25.9 Å². The van der Waals surface area contributed by atoms with E-state index < -0.39 is 0 Å². The first-order valence-corrected chi connectivity index (χ1v) is 5.94.